The average molecular weight is 249 g/mol. The van der Waals surface area contributed by atoms with Crippen molar-refractivity contribution < 1.29 is 4.79 Å². The lowest BCUT2D eigenvalue weighted by molar-refractivity contribution is -0.135. The normalized spacial score (nSPS) is 29.8. The molecule has 1 aliphatic heterocycles. The third-order valence-corrected chi connectivity index (χ3v) is 5.58. The molecule has 1 heterocycles. The van der Waals surface area contributed by atoms with E-state index in [0.717, 1.165) is 12.8 Å². The Morgan fingerprint density at radius 3 is 2.06 bits per heavy atom. The zero-order valence-electron chi connectivity index (χ0n) is 11.6. The molecule has 0 spiro atoms. The smallest absolute Gasteiger partial charge is 0.156 e. The molecular formula is C16H27NO. The second-order valence-electron chi connectivity index (χ2n) is 6.63. The minimum Gasteiger partial charge on any atom is -0.297 e. The summed E-state index contributed by atoms with van der Waals surface area (Å²) >= 11 is 0. The zero-order valence-corrected chi connectivity index (χ0v) is 11.6. The van der Waals surface area contributed by atoms with Crippen LogP contribution < -0.4 is 0 Å². The Kier molecular flexibility index (Phi) is 3.74. The molecule has 102 valence electrons. The molecule has 0 unspecified atom stereocenters. The molecular weight excluding hydrogens is 222 g/mol. The van der Waals surface area contributed by atoms with Gasteiger partial charge in [-0.05, 0) is 51.6 Å². The molecule has 3 aliphatic rings. The van der Waals surface area contributed by atoms with Gasteiger partial charge in [0, 0.05) is 5.92 Å². The summed E-state index contributed by atoms with van der Waals surface area (Å²) in [4.78, 5) is 15.6. The lowest BCUT2D eigenvalue weighted by Gasteiger charge is -2.40. The fourth-order valence-electron chi connectivity index (χ4n) is 4.57. The van der Waals surface area contributed by atoms with Crippen LogP contribution in [0.15, 0.2) is 0 Å². The van der Waals surface area contributed by atoms with Crippen LogP contribution >= 0.6 is 0 Å². The first kappa shape index (κ1) is 12.7. The first-order valence-corrected chi connectivity index (χ1v) is 8.12. The van der Waals surface area contributed by atoms with Crippen LogP contribution in [0, 0.1) is 5.92 Å². The summed E-state index contributed by atoms with van der Waals surface area (Å²) in [6.45, 7) is 2.36. The van der Waals surface area contributed by atoms with Gasteiger partial charge in [-0.1, -0.05) is 32.1 Å². The van der Waals surface area contributed by atoms with Gasteiger partial charge in [0.25, 0.3) is 0 Å². The molecule has 18 heavy (non-hydrogen) atoms. The summed E-state index contributed by atoms with van der Waals surface area (Å²) in [7, 11) is 0. The number of carbonyl (C=O) groups excluding carboxylic acids is 1. The molecule has 3 fully saturated rings. The molecule has 0 amide bonds. The topological polar surface area (TPSA) is 20.3 Å². The van der Waals surface area contributed by atoms with Crippen LogP contribution in [-0.4, -0.2) is 29.3 Å². The Morgan fingerprint density at radius 2 is 1.44 bits per heavy atom. The van der Waals surface area contributed by atoms with Crippen LogP contribution in [0.5, 0.6) is 0 Å². The van der Waals surface area contributed by atoms with Crippen molar-refractivity contribution in [3.05, 3.63) is 0 Å². The van der Waals surface area contributed by atoms with Crippen molar-refractivity contribution in [1.82, 2.24) is 4.90 Å². The molecule has 2 heteroatoms. The van der Waals surface area contributed by atoms with Gasteiger partial charge in [-0.2, -0.15) is 0 Å². The number of nitrogens with zero attached hydrogens (tertiary/aromatic N) is 1. The van der Waals surface area contributed by atoms with E-state index in [0.29, 0.717) is 11.7 Å². The molecule has 1 saturated heterocycles. The number of likely N-dealkylation sites (tertiary alicyclic amines) is 1. The van der Waals surface area contributed by atoms with E-state index in [1.165, 1.54) is 70.9 Å². The Balaban J connectivity index is 1.77. The van der Waals surface area contributed by atoms with Gasteiger partial charge in [0.2, 0.25) is 0 Å². The Hall–Kier alpha value is -0.370. The lowest BCUT2D eigenvalue weighted by Crippen LogP contribution is -2.54. The van der Waals surface area contributed by atoms with Crippen molar-refractivity contribution in [1.29, 1.82) is 0 Å². The van der Waals surface area contributed by atoms with Gasteiger partial charge in [0.1, 0.15) is 0 Å². The first-order valence-electron chi connectivity index (χ1n) is 8.12. The number of carbonyl (C=O) groups is 1. The maximum Gasteiger partial charge on any atom is 0.156 e. The molecule has 0 atom stereocenters. The summed E-state index contributed by atoms with van der Waals surface area (Å²) in [6.07, 6.45) is 13.7. The van der Waals surface area contributed by atoms with E-state index in [1.807, 2.05) is 0 Å². The average Bonchev–Trinajstić information content (AvgIpc) is 3.10. The van der Waals surface area contributed by atoms with Crippen molar-refractivity contribution >= 4 is 5.78 Å². The molecule has 0 bridgehead atoms. The second kappa shape index (κ2) is 5.32. The number of ketones is 1. The van der Waals surface area contributed by atoms with Crippen molar-refractivity contribution in [3.63, 3.8) is 0 Å². The molecule has 2 saturated carbocycles. The van der Waals surface area contributed by atoms with E-state index in [4.69, 9.17) is 0 Å². The molecule has 3 rings (SSSR count). The molecule has 0 radical (unpaired) electrons. The monoisotopic (exact) mass is 249 g/mol. The van der Waals surface area contributed by atoms with Gasteiger partial charge >= 0.3 is 0 Å². The fraction of sp³-hybridized carbons (Fsp3) is 0.938. The summed E-state index contributed by atoms with van der Waals surface area (Å²) in [5.74, 6) is 1.04. The molecule has 0 aromatic heterocycles. The van der Waals surface area contributed by atoms with Crippen molar-refractivity contribution in [2.75, 3.05) is 13.1 Å². The molecule has 0 N–H and O–H groups in total. The van der Waals surface area contributed by atoms with Gasteiger partial charge in [-0.3, -0.25) is 9.69 Å². The van der Waals surface area contributed by atoms with Crippen LogP contribution in [0.2, 0.25) is 0 Å². The third-order valence-electron chi connectivity index (χ3n) is 5.58. The van der Waals surface area contributed by atoms with Crippen molar-refractivity contribution in [2.45, 2.75) is 76.2 Å². The van der Waals surface area contributed by atoms with Crippen molar-refractivity contribution in [2.24, 2.45) is 5.92 Å². The van der Waals surface area contributed by atoms with E-state index in [2.05, 4.69) is 4.90 Å². The van der Waals surface area contributed by atoms with Crippen molar-refractivity contribution in [3.8, 4) is 0 Å². The van der Waals surface area contributed by atoms with E-state index in [1.54, 1.807) is 0 Å². The van der Waals surface area contributed by atoms with Crippen LogP contribution in [0.1, 0.15) is 70.6 Å². The maximum absolute atomic E-state index is 13.1. The first-order chi connectivity index (χ1) is 8.83. The molecule has 2 aliphatic carbocycles. The van der Waals surface area contributed by atoms with Gasteiger partial charge in [0.05, 0.1) is 5.54 Å². The van der Waals surface area contributed by atoms with Crippen LogP contribution in [0.4, 0.5) is 0 Å². The number of hydrogen-bond acceptors (Lipinski definition) is 2. The minimum atomic E-state index is -0.0154. The summed E-state index contributed by atoms with van der Waals surface area (Å²) in [5.41, 5.74) is -0.0154. The number of rotatable bonds is 3. The van der Waals surface area contributed by atoms with E-state index < -0.39 is 0 Å². The third kappa shape index (κ3) is 2.13. The SMILES string of the molecule is O=C(C1CCCCC1)C1(N2CCCC2)CCCC1. The number of hydrogen-bond donors (Lipinski definition) is 0. The van der Waals surface area contributed by atoms with Gasteiger partial charge in [0.15, 0.2) is 5.78 Å². The number of Topliss-reactive ketones (excluding diaryl/α,β-unsaturated/α-hetero) is 1. The van der Waals surface area contributed by atoms with E-state index in [-0.39, 0.29) is 5.54 Å². The predicted octanol–water partition coefficient (Wildman–Crippen LogP) is 3.54. The maximum atomic E-state index is 13.1. The van der Waals surface area contributed by atoms with Crippen LogP contribution in [-0.2, 0) is 4.79 Å². The van der Waals surface area contributed by atoms with Crippen LogP contribution in [0.25, 0.3) is 0 Å². The van der Waals surface area contributed by atoms with Gasteiger partial charge in [-0.15, -0.1) is 0 Å². The summed E-state index contributed by atoms with van der Waals surface area (Å²) in [5, 5.41) is 0. The van der Waals surface area contributed by atoms with Crippen LogP contribution in [0.3, 0.4) is 0 Å². The highest BCUT2D eigenvalue weighted by Crippen LogP contribution is 2.42. The standard InChI is InChI=1S/C16H27NO/c18-15(14-8-2-1-3-9-14)16(10-4-5-11-16)17-12-6-7-13-17/h14H,1-13H2. The quantitative estimate of drug-likeness (QED) is 0.762. The molecule has 0 aromatic rings. The highest BCUT2D eigenvalue weighted by Gasteiger charge is 2.48. The molecule has 0 aromatic carbocycles. The highest BCUT2D eigenvalue weighted by molar-refractivity contribution is 5.91. The fourth-order valence-corrected chi connectivity index (χ4v) is 4.57. The minimum absolute atomic E-state index is 0.0154. The summed E-state index contributed by atoms with van der Waals surface area (Å²) in [6, 6.07) is 0. The van der Waals surface area contributed by atoms with Gasteiger partial charge < -0.3 is 0 Å². The van der Waals surface area contributed by atoms with E-state index in [9.17, 15) is 4.79 Å². The highest BCUT2D eigenvalue weighted by atomic mass is 16.1. The zero-order chi connectivity index (χ0) is 12.4. The Bertz CT molecular complexity index is 294. The lowest BCUT2D eigenvalue weighted by atomic mass is 9.76. The Morgan fingerprint density at radius 1 is 0.833 bits per heavy atom. The van der Waals surface area contributed by atoms with Gasteiger partial charge in [-0.25, -0.2) is 0 Å². The second-order valence-corrected chi connectivity index (χ2v) is 6.63. The molecule has 2 nitrogen and oxygen atoms in total. The Labute approximate surface area is 111 Å². The summed E-state index contributed by atoms with van der Waals surface area (Å²) < 4.78 is 0. The largest absolute Gasteiger partial charge is 0.297 e. The van der Waals surface area contributed by atoms with E-state index >= 15 is 0 Å². The predicted molar refractivity (Wildman–Crippen MR) is 73.6 cm³/mol.